The molecule has 3 amide bonds. The molecule has 2 aromatic carbocycles. The van der Waals surface area contributed by atoms with Crippen molar-refractivity contribution >= 4 is 69.1 Å². The molecule has 1 aromatic heterocycles. The number of nitrogens with one attached hydrogen (secondary N) is 2. The Morgan fingerprint density at radius 2 is 1.83 bits per heavy atom. The monoisotopic (exact) mass is 617 g/mol. The molecule has 2 heterocycles. The molecule has 0 spiro atoms. The van der Waals surface area contributed by atoms with E-state index in [1.165, 1.54) is 35.1 Å². The summed E-state index contributed by atoms with van der Waals surface area (Å²) < 4.78 is 5.06. The van der Waals surface area contributed by atoms with E-state index in [9.17, 15) is 14.4 Å². The summed E-state index contributed by atoms with van der Waals surface area (Å²) in [5, 5.41) is 6.76. The maximum absolute atomic E-state index is 13.6. The fraction of sp³-hybridized carbons (Fsp3) is 0.281. The fourth-order valence-corrected chi connectivity index (χ4v) is 8.84. The average Bonchev–Trinajstić information content (AvgIpc) is 3.17. The highest BCUT2D eigenvalue weighted by Crippen LogP contribution is 2.44. The smallest absolute Gasteiger partial charge is 0.341 e. The van der Waals surface area contributed by atoms with Gasteiger partial charge in [0.2, 0.25) is 5.91 Å². The number of hydrogen-bond acceptors (Lipinski definition) is 7. The molecule has 0 saturated heterocycles. The Morgan fingerprint density at radius 3 is 2.71 bits per heavy atom. The molecule has 1 aliphatic heterocycles. The minimum atomic E-state index is -0.401. The number of carbonyl (C=O) groups is 3. The van der Waals surface area contributed by atoms with Crippen LogP contribution in [-0.4, -0.2) is 42.1 Å². The number of allylic oxidation sites excluding steroid dienone is 2. The SMILES string of the molecule is COC(=O)c1c(NC(=O)CSc2cccc(NC(=O)N3c4ccccc4SC4C=CC=CC43)c2)sc2c1CCCCC2. The zero-order valence-electron chi connectivity index (χ0n) is 23.1. The molecule has 2 unspecified atom stereocenters. The quantitative estimate of drug-likeness (QED) is 0.169. The van der Waals surface area contributed by atoms with Crippen molar-refractivity contribution in [1.29, 1.82) is 0 Å². The van der Waals surface area contributed by atoms with Crippen LogP contribution in [0.5, 0.6) is 0 Å². The number of benzene rings is 2. The molecule has 6 rings (SSSR count). The summed E-state index contributed by atoms with van der Waals surface area (Å²) in [6.45, 7) is 0. The summed E-state index contributed by atoms with van der Waals surface area (Å²) in [6.07, 6.45) is 13.2. The zero-order valence-corrected chi connectivity index (χ0v) is 25.6. The van der Waals surface area contributed by atoms with Crippen molar-refractivity contribution in [3.63, 3.8) is 0 Å². The van der Waals surface area contributed by atoms with E-state index in [4.69, 9.17) is 4.74 Å². The van der Waals surface area contributed by atoms with E-state index >= 15 is 0 Å². The van der Waals surface area contributed by atoms with Gasteiger partial charge in [0.1, 0.15) is 5.00 Å². The summed E-state index contributed by atoms with van der Waals surface area (Å²) in [7, 11) is 1.38. The Hall–Kier alpha value is -3.47. The molecular formula is C32H31N3O4S3. The van der Waals surface area contributed by atoms with Crippen molar-refractivity contribution in [3.8, 4) is 0 Å². The molecule has 0 fully saturated rings. The van der Waals surface area contributed by atoms with Gasteiger partial charge in [0, 0.05) is 20.4 Å². The minimum Gasteiger partial charge on any atom is -0.465 e. The molecule has 2 atom stereocenters. The molecule has 10 heteroatoms. The number of rotatable bonds is 6. The molecule has 3 aliphatic rings. The van der Waals surface area contributed by atoms with Crippen LogP contribution < -0.4 is 15.5 Å². The number of carbonyl (C=O) groups excluding carboxylic acids is 3. The molecule has 0 radical (unpaired) electrons. The van der Waals surface area contributed by atoms with E-state index in [1.807, 2.05) is 65.6 Å². The van der Waals surface area contributed by atoms with Crippen LogP contribution in [0, 0.1) is 0 Å². The fourth-order valence-electron chi connectivity index (χ4n) is 5.53. The predicted molar refractivity (Wildman–Crippen MR) is 172 cm³/mol. The normalized spacial score (nSPS) is 18.7. The zero-order chi connectivity index (χ0) is 29.1. The Morgan fingerprint density at radius 1 is 1.00 bits per heavy atom. The summed E-state index contributed by atoms with van der Waals surface area (Å²) in [6, 6.07) is 15.2. The lowest BCUT2D eigenvalue weighted by Crippen LogP contribution is -2.49. The van der Waals surface area contributed by atoms with Gasteiger partial charge in [0.25, 0.3) is 0 Å². The van der Waals surface area contributed by atoms with Crippen LogP contribution in [0.1, 0.15) is 40.1 Å². The van der Waals surface area contributed by atoms with Gasteiger partial charge < -0.3 is 15.4 Å². The first-order valence-corrected chi connectivity index (χ1v) is 16.7. The lowest BCUT2D eigenvalue weighted by molar-refractivity contribution is -0.113. The van der Waals surface area contributed by atoms with Crippen LogP contribution in [0.3, 0.4) is 0 Å². The first-order chi connectivity index (χ1) is 20.5. The number of esters is 1. The average molecular weight is 618 g/mol. The van der Waals surface area contributed by atoms with Crippen LogP contribution in [0.15, 0.2) is 82.6 Å². The second-order valence-electron chi connectivity index (χ2n) is 10.2. The number of para-hydroxylation sites is 1. The maximum atomic E-state index is 13.6. The van der Waals surface area contributed by atoms with Crippen LogP contribution in [-0.2, 0) is 22.4 Å². The van der Waals surface area contributed by atoms with E-state index < -0.39 is 5.97 Å². The summed E-state index contributed by atoms with van der Waals surface area (Å²) in [5.41, 5.74) is 3.07. The topological polar surface area (TPSA) is 87.7 Å². The van der Waals surface area contributed by atoms with Gasteiger partial charge in [-0.2, -0.15) is 0 Å². The predicted octanol–water partition coefficient (Wildman–Crippen LogP) is 7.54. The van der Waals surface area contributed by atoms with Crippen molar-refractivity contribution in [2.24, 2.45) is 0 Å². The van der Waals surface area contributed by atoms with E-state index in [2.05, 4.69) is 22.8 Å². The second kappa shape index (κ2) is 12.8. The number of amides is 3. The lowest BCUT2D eigenvalue weighted by atomic mass is 10.1. The van der Waals surface area contributed by atoms with Gasteiger partial charge in [0.05, 0.1) is 35.4 Å². The number of anilines is 3. The number of ether oxygens (including phenoxy) is 1. The number of nitrogens with zero attached hydrogens (tertiary/aromatic N) is 1. The maximum Gasteiger partial charge on any atom is 0.341 e. The number of methoxy groups -OCH3 is 1. The second-order valence-corrected chi connectivity index (χ2v) is 13.6. The largest absolute Gasteiger partial charge is 0.465 e. The Labute approximate surface area is 257 Å². The highest BCUT2D eigenvalue weighted by Gasteiger charge is 2.36. The molecule has 0 saturated carbocycles. The Kier molecular flexibility index (Phi) is 8.73. The third-order valence-corrected chi connectivity index (χ3v) is 11.0. The third kappa shape index (κ3) is 6.02. The summed E-state index contributed by atoms with van der Waals surface area (Å²) >= 11 is 4.63. The standard InChI is InChI=1S/C32H31N3O4S3/c1-39-31(37)29-22-12-3-2-4-15-25(22)42-30(29)34-28(36)19-40-21-11-9-10-20(18-21)33-32(38)35-23-13-5-7-16-26(23)41-27-17-8-6-14-24(27)35/h5-11,13-14,16-18,23,26H,2-4,12,15,19H2,1H3,(H,33,38)(H,34,36). The number of thioether (sulfide) groups is 2. The van der Waals surface area contributed by atoms with Crippen LogP contribution in [0.25, 0.3) is 0 Å². The molecule has 2 N–H and O–H groups in total. The molecule has 216 valence electrons. The van der Waals surface area contributed by atoms with Crippen molar-refractivity contribution in [2.75, 3.05) is 28.4 Å². The summed E-state index contributed by atoms with van der Waals surface area (Å²) in [4.78, 5) is 44.1. The molecule has 0 bridgehead atoms. The Balaban J connectivity index is 1.12. The number of fused-ring (bicyclic) bond motifs is 3. The van der Waals surface area contributed by atoms with Gasteiger partial charge >= 0.3 is 12.0 Å². The molecule has 7 nitrogen and oxygen atoms in total. The molecule has 2 aliphatic carbocycles. The van der Waals surface area contributed by atoms with E-state index in [0.717, 1.165) is 53.1 Å². The van der Waals surface area contributed by atoms with Crippen molar-refractivity contribution in [1.82, 2.24) is 0 Å². The van der Waals surface area contributed by atoms with Crippen molar-refractivity contribution in [3.05, 3.63) is 88.8 Å². The number of thiophene rings is 1. The third-order valence-electron chi connectivity index (χ3n) is 7.48. The van der Waals surface area contributed by atoms with Gasteiger partial charge in [-0.1, -0.05) is 48.9 Å². The number of hydrogen-bond donors (Lipinski definition) is 2. The molecule has 42 heavy (non-hydrogen) atoms. The number of aryl methyl sites for hydroxylation is 1. The van der Waals surface area contributed by atoms with Gasteiger partial charge in [-0.25, -0.2) is 9.59 Å². The lowest BCUT2D eigenvalue weighted by Gasteiger charge is -2.40. The van der Waals surface area contributed by atoms with E-state index in [-0.39, 0.29) is 29.0 Å². The van der Waals surface area contributed by atoms with Gasteiger partial charge in [-0.15, -0.1) is 34.9 Å². The highest BCUT2D eigenvalue weighted by molar-refractivity contribution is 8.00. The van der Waals surface area contributed by atoms with Crippen molar-refractivity contribution < 1.29 is 19.1 Å². The van der Waals surface area contributed by atoms with Gasteiger partial charge in [-0.05, 0) is 61.6 Å². The molecule has 3 aromatic rings. The van der Waals surface area contributed by atoms with E-state index in [1.54, 1.807) is 11.8 Å². The van der Waals surface area contributed by atoms with Gasteiger partial charge in [-0.3, -0.25) is 9.69 Å². The van der Waals surface area contributed by atoms with Crippen molar-refractivity contribution in [2.45, 2.75) is 53.2 Å². The van der Waals surface area contributed by atoms with Crippen LogP contribution in [0.2, 0.25) is 0 Å². The first kappa shape index (κ1) is 28.6. The van der Waals surface area contributed by atoms with Crippen LogP contribution in [0.4, 0.5) is 21.2 Å². The first-order valence-electron chi connectivity index (χ1n) is 14.0. The molecular weight excluding hydrogens is 587 g/mol. The van der Waals surface area contributed by atoms with Gasteiger partial charge in [0.15, 0.2) is 0 Å². The summed E-state index contributed by atoms with van der Waals surface area (Å²) in [5.74, 6) is -0.429. The van der Waals surface area contributed by atoms with Crippen LogP contribution >= 0.6 is 34.9 Å². The minimum absolute atomic E-state index is 0.0849. The number of urea groups is 1. The highest BCUT2D eigenvalue weighted by atomic mass is 32.2. The Bertz CT molecular complexity index is 1580. The van der Waals surface area contributed by atoms with E-state index in [0.29, 0.717) is 16.3 Å².